The first-order chi connectivity index (χ1) is 9.24. The Kier molecular flexibility index (Phi) is 5.76. The summed E-state index contributed by atoms with van der Waals surface area (Å²) in [4.78, 5) is 6.00. The Bertz CT molecular complexity index is 389. The van der Waals surface area contributed by atoms with Crippen LogP contribution in [0.1, 0.15) is 54.8 Å². The quantitative estimate of drug-likeness (QED) is 0.836. The van der Waals surface area contributed by atoms with Crippen LogP contribution in [0.2, 0.25) is 0 Å². The van der Waals surface area contributed by atoms with E-state index >= 15 is 0 Å². The molecule has 2 unspecified atom stereocenters. The van der Waals surface area contributed by atoms with E-state index in [2.05, 4.69) is 19.2 Å². The molecule has 108 valence electrons. The summed E-state index contributed by atoms with van der Waals surface area (Å²) < 4.78 is 11.0. The average Bonchev–Trinajstić information content (AvgIpc) is 3.05. The molecule has 0 radical (unpaired) electrons. The van der Waals surface area contributed by atoms with Crippen LogP contribution < -0.4 is 5.32 Å². The topological polar surface area (TPSA) is 43.4 Å². The standard InChI is InChI=1S/C14H24N2O2S/c1-4-10(2)15-8-13-11(9-17-3)16-14(19-13)12-6-5-7-18-12/h10,12,15H,4-9H2,1-3H3. The monoisotopic (exact) mass is 284 g/mol. The number of nitrogens with one attached hydrogen (secondary N) is 1. The first-order valence-electron chi connectivity index (χ1n) is 7.07. The second-order valence-corrected chi connectivity index (χ2v) is 6.16. The van der Waals surface area contributed by atoms with E-state index in [1.807, 2.05) is 0 Å². The van der Waals surface area contributed by atoms with Crippen molar-refractivity contribution in [1.29, 1.82) is 0 Å². The lowest BCUT2D eigenvalue weighted by Gasteiger charge is -2.10. The number of methoxy groups -OCH3 is 1. The largest absolute Gasteiger partial charge is 0.378 e. The number of nitrogens with zero attached hydrogens (tertiary/aromatic N) is 1. The first kappa shape index (κ1) is 14.9. The smallest absolute Gasteiger partial charge is 0.122 e. The van der Waals surface area contributed by atoms with E-state index in [4.69, 9.17) is 14.5 Å². The van der Waals surface area contributed by atoms with Crippen molar-refractivity contribution >= 4 is 11.3 Å². The Morgan fingerprint density at radius 2 is 2.42 bits per heavy atom. The highest BCUT2D eigenvalue weighted by Gasteiger charge is 2.23. The second-order valence-electron chi connectivity index (χ2n) is 5.05. The second kappa shape index (κ2) is 7.33. The fourth-order valence-corrected chi connectivity index (χ4v) is 3.22. The van der Waals surface area contributed by atoms with E-state index in [0.29, 0.717) is 12.6 Å². The van der Waals surface area contributed by atoms with Gasteiger partial charge >= 0.3 is 0 Å². The van der Waals surface area contributed by atoms with Crippen LogP contribution in [-0.4, -0.2) is 24.7 Å². The fraction of sp³-hybridized carbons (Fsp3) is 0.786. The Labute approximate surface area is 119 Å². The maximum Gasteiger partial charge on any atom is 0.122 e. The molecule has 1 aromatic rings. The van der Waals surface area contributed by atoms with Crippen LogP contribution in [0, 0.1) is 0 Å². The van der Waals surface area contributed by atoms with Gasteiger partial charge in [-0.2, -0.15) is 0 Å². The van der Waals surface area contributed by atoms with Gasteiger partial charge in [-0.3, -0.25) is 0 Å². The van der Waals surface area contributed by atoms with Gasteiger partial charge in [0.1, 0.15) is 11.1 Å². The SMILES string of the molecule is CCC(C)NCc1sc(C2CCCO2)nc1COC. The van der Waals surface area contributed by atoms with Gasteiger partial charge in [-0.05, 0) is 26.2 Å². The molecule has 0 saturated carbocycles. The van der Waals surface area contributed by atoms with Crippen molar-refractivity contribution in [3.63, 3.8) is 0 Å². The number of ether oxygens (including phenoxy) is 2. The Morgan fingerprint density at radius 1 is 1.58 bits per heavy atom. The number of thiazole rings is 1. The molecule has 0 aromatic carbocycles. The number of hydrogen-bond acceptors (Lipinski definition) is 5. The molecule has 0 amide bonds. The molecule has 2 atom stereocenters. The first-order valence-corrected chi connectivity index (χ1v) is 7.88. The predicted molar refractivity (Wildman–Crippen MR) is 77.3 cm³/mol. The Balaban J connectivity index is 2.06. The van der Waals surface area contributed by atoms with Crippen molar-refractivity contribution in [1.82, 2.24) is 10.3 Å². The lowest BCUT2D eigenvalue weighted by Crippen LogP contribution is -2.24. The van der Waals surface area contributed by atoms with Crippen LogP contribution >= 0.6 is 11.3 Å². The van der Waals surface area contributed by atoms with Gasteiger partial charge in [-0.1, -0.05) is 6.92 Å². The number of aromatic nitrogens is 1. The molecule has 4 nitrogen and oxygen atoms in total. The maximum atomic E-state index is 5.72. The van der Waals surface area contributed by atoms with E-state index < -0.39 is 0 Å². The van der Waals surface area contributed by atoms with E-state index in [0.717, 1.165) is 43.1 Å². The van der Waals surface area contributed by atoms with Crippen molar-refractivity contribution in [3.8, 4) is 0 Å². The molecule has 19 heavy (non-hydrogen) atoms. The molecule has 2 rings (SSSR count). The number of hydrogen-bond donors (Lipinski definition) is 1. The lowest BCUT2D eigenvalue weighted by molar-refractivity contribution is 0.111. The third-order valence-corrected chi connectivity index (χ3v) is 4.69. The van der Waals surface area contributed by atoms with Crippen molar-refractivity contribution in [2.24, 2.45) is 0 Å². The van der Waals surface area contributed by atoms with Crippen molar-refractivity contribution in [2.45, 2.75) is 58.4 Å². The number of rotatable bonds is 7. The van der Waals surface area contributed by atoms with E-state index in [-0.39, 0.29) is 6.10 Å². The molecule has 1 aromatic heterocycles. The molecule has 1 saturated heterocycles. The van der Waals surface area contributed by atoms with Crippen LogP contribution in [0.15, 0.2) is 0 Å². The van der Waals surface area contributed by atoms with Crippen molar-refractivity contribution < 1.29 is 9.47 Å². The Hall–Kier alpha value is -0.490. The third-order valence-electron chi connectivity index (χ3n) is 3.50. The zero-order chi connectivity index (χ0) is 13.7. The van der Waals surface area contributed by atoms with Gasteiger partial charge in [0.2, 0.25) is 0 Å². The molecule has 1 aliphatic heterocycles. The van der Waals surface area contributed by atoms with Crippen molar-refractivity contribution in [3.05, 3.63) is 15.6 Å². The molecule has 1 N–H and O–H groups in total. The highest BCUT2D eigenvalue weighted by molar-refractivity contribution is 7.11. The van der Waals surface area contributed by atoms with Gasteiger partial charge in [-0.25, -0.2) is 4.98 Å². The summed E-state index contributed by atoms with van der Waals surface area (Å²) in [6.45, 7) is 6.72. The van der Waals surface area contributed by atoms with Gasteiger partial charge in [0.05, 0.1) is 12.3 Å². The highest BCUT2D eigenvalue weighted by Crippen LogP contribution is 2.33. The molecular weight excluding hydrogens is 260 g/mol. The van der Waals surface area contributed by atoms with Gasteiger partial charge < -0.3 is 14.8 Å². The van der Waals surface area contributed by atoms with Crippen LogP contribution in [-0.2, 0) is 22.6 Å². The zero-order valence-corrected chi connectivity index (χ0v) is 12.9. The minimum absolute atomic E-state index is 0.206. The minimum Gasteiger partial charge on any atom is -0.378 e. The molecule has 0 aliphatic carbocycles. The van der Waals surface area contributed by atoms with Crippen molar-refractivity contribution in [2.75, 3.05) is 13.7 Å². The molecule has 2 heterocycles. The summed E-state index contributed by atoms with van der Waals surface area (Å²) in [5.41, 5.74) is 1.06. The van der Waals surface area contributed by atoms with Gasteiger partial charge in [-0.15, -0.1) is 11.3 Å². The minimum atomic E-state index is 0.206. The van der Waals surface area contributed by atoms with E-state index in [1.54, 1.807) is 18.4 Å². The zero-order valence-electron chi connectivity index (χ0n) is 12.1. The summed E-state index contributed by atoms with van der Waals surface area (Å²) in [5, 5.41) is 4.64. The van der Waals surface area contributed by atoms with E-state index in [9.17, 15) is 0 Å². The maximum absolute atomic E-state index is 5.72. The Morgan fingerprint density at radius 3 is 3.05 bits per heavy atom. The van der Waals surface area contributed by atoms with Gasteiger partial charge in [0.15, 0.2) is 0 Å². The van der Waals surface area contributed by atoms with Gasteiger partial charge in [0.25, 0.3) is 0 Å². The molecular formula is C14H24N2O2S. The average molecular weight is 284 g/mol. The van der Waals surface area contributed by atoms with Crippen LogP contribution in [0.3, 0.4) is 0 Å². The normalized spacial score (nSPS) is 20.9. The molecule has 0 spiro atoms. The molecule has 1 aliphatic rings. The summed E-state index contributed by atoms with van der Waals surface area (Å²) >= 11 is 1.77. The van der Waals surface area contributed by atoms with Crippen LogP contribution in [0.4, 0.5) is 0 Å². The summed E-state index contributed by atoms with van der Waals surface area (Å²) in [6, 6.07) is 0.531. The highest BCUT2D eigenvalue weighted by atomic mass is 32.1. The molecule has 1 fully saturated rings. The fourth-order valence-electron chi connectivity index (χ4n) is 2.11. The van der Waals surface area contributed by atoms with Gasteiger partial charge in [0, 0.05) is 31.2 Å². The predicted octanol–water partition coefficient (Wildman–Crippen LogP) is 3.03. The lowest BCUT2D eigenvalue weighted by atomic mass is 10.2. The summed E-state index contributed by atoms with van der Waals surface area (Å²) in [5.74, 6) is 0. The van der Waals surface area contributed by atoms with Crippen LogP contribution in [0.5, 0.6) is 0 Å². The summed E-state index contributed by atoms with van der Waals surface area (Å²) in [7, 11) is 1.72. The summed E-state index contributed by atoms with van der Waals surface area (Å²) in [6.07, 6.45) is 3.58. The molecule has 0 bridgehead atoms. The third kappa shape index (κ3) is 3.99. The van der Waals surface area contributed by atoms with Crippen LogP contribution in [0.25, 0.3) is 0 Å². The van der Waals surface area contributed by atoms with E-state index in [1.165, 1.54) is 4.88 Å². The molecule has 5 heteroatoms.